The van der Waals surface area contributed by atoms with Crippen molar-refractivity contribution >= 4 is 34.8 Å². The Hall–Kier alpha value is -0.160. The molecule has 0 bridgehead atoms. The molecule has 0 aliphatic heterocycles. The van der Waals surface area contributed by atoms with Crippen LogP contribution >= 0.6 is 23.2 Å². The smallest absolute Gasteiger partial charge is 0.142 e. The highest BCUT2D eigenvalue weighted by atomic mass is 35.5. The minimum atomic E-state index is -0.580. The van der Waals surface area contributed by atoms with Crippen molar-refractivity contribution in [3.8, 4) is 0 Å². The van der Waals surface area contributed by atoms with Crippen molar-refractivity contribution in [2.75, 3.05) is 0 Å². The van der Waals surface area contributed by atoms with Crippen LogP contribution in [0.2, 0.25) is 0 Å². The maximum atomic E-state index is 12.8. The lowest BCUT2D eigenvalue weighted by atomic mass is 9.56. The molecule has 6 heteroatoms. The zero-order chi connectivity index (χ0) is 14.6. The van der Waals surface area contributed by atoms with Crippen LogP contribution in [0.3, 0.4) is 0 Å². The van der Waals surface area contributed by atoms with Crippen molar-refractivity contribution in [2.45, 2.75) is 48.5 Å². The van der Waals surface area contributed by atoms with Gasteiger partial charge in [0.15, 0.2) is 0 Å². The third kappa shape index (κ3) is 1.96. The molecule has 3 saturated carbocycles. The number of halogens is 2. The fourth-order valence-corrected chi connectivity index (χ4v) is 4.99. The summed E-state index contributed by atoms with van der Waals surface area (Å²) in [5, 5.41) is -1.13. The van der Waals surface area contributed by atoms with Gasteiger partial charge in [-0.3, -0.25) is 9.59 Å². The van der Waals surface area contributed by atoms with Crippen molar-refractivity contribution in [1.82, 2.24) is 0 Å². The second kappa shape index (κ2) is 5.24. The number of carbonyl (C=O) groups is 2. The molecule has 3 rings (SSSR count). The number of carbonyl (C=O) groups excluding carboxylic acids is 2. The molecule has 3 fully saturated rings. The van der Waals surface area contributed by atoms with E-state index in [9.17, 15) is 9.59 Å². The molecule has 8 unspecified atom stereocenters. The van der Waals surface area contributed by atoms with Gasteiger partial charge in [-0.1, -0.05) is 12.8 Å². The van der Waals surface area contributed by atoms with E-state index in [0.717, 1.165) is 25.7 Å². The van der Waals surface area contributed by atoms with Gasteiger partial charge in [0.05, 0.1) is 10.8 Å². The van der Waals surface area contributed by atoms with Gasteiger partial charge in [-0.25, -0.2) is 0 Å². The second-order valence-corrected chi connectivity index (χ2v) is 7.41. The molecule has 3 aliphatic carbocycles. The zero-order valence-electron chi connectivity index (χ0n) is 11.2. The predicted octanol–water partition coefficient (Wildman–Crippen LogP) is 1.06. The molecular weight excluding hydrogens is 299 g/mol. The Morgan fingerprint density at radius 2 is 1.15 bits per heavy atom. The van der Waals surface area contributed by atoms with Crippen LogP contribution in [0.15, 0.2) is 0 Å². The van der Waals surface area contributed by atoms with Gasteiger partial charge in [-0.05, 0) is 12.8 Å². The van der Waals surface area contributed by atoms with Gasteiger partial charge in [0, 0.05) is 35.8 Å². The summed E-state index contributed by atoms with van der Waals surface area (Å²) < 4.78 is 0. The maximum Gasteiger partial charge on any atom is 0.142 e. The molecule has 0 radical (unpaired) electrons. The first-order valence-electron chi connectivity index (χ1n) is 7.32. The quantitative estimate of drug-likeness (QED) is 0.654. The van der Waals surface area contributed by atoms with Crippen LogP contribution in [-0.2, 0) is 9.59 Å². The molecule has 0 aromatic carbocycles. The summed E-state index contributed by atoms with van der Waals surface area (Å²) in [7, 11) is 0. The van der Waals surface area contributed by atoms with Gasteiger partial charge >= 0.3 is 0 Å². The Morgan fingerprint density at radius 1 is 0.800 bits per heavy atom. The van der Waals surface area contributed by atoms with Crippen LogP contribution in [0.5, 0.6) is 0 Å². The van der Waals surface area contributed by atoms with Crippen LogP contribution in [0.1, 0.15) is 25.7 Å². The molecule has 4 nitrogen and oxygen atoms in total. The minimum absolute atomic E-state index is 0.0940. The summed E-state index contributed by atoms with van der Waals surface area (Å²) >= 11 is 12.4. The molecular formula is C14H20Cl2N2O2. The average Bonchev–Trinajstić information content (AvgIpc) is 2.46. The molecule has 0 spiro atoms. The van der Waals surface area contributed by atoms with E-state index in [1.165, 1.54) is 0 Å². The Kier molecular flexibility index (Phi) is 3.87. The lowest BCUT2D eigenvalue weighted by Crippen LogP contribution is -2.68. The Bertz CT molecular complexity index is 405. The molecule has 112 valence electrons. The normalized spacial score (nSPS) is 52.4. The highest BCUT2D eigenvalue weighted by molar-refractivity contribution is 6.31. The van der Waals surface area contributed by atoms with Gasteiger partial charge < -0.3 is 11.5 Å². The van der Waals surface area contributed by atoms with Gasteiger partial charge in [0.1, 0.15) is 11.6 Å². The standard InChI is InChI=1S/C14H20Cl2N2O2/c15-9-10(16)12(18)8-7(11(9)17)13(19)5-3-1-2-4-6(5)14(8)20/h5-12H,1-4,17-18H2. The van der Waals surface area contributed by atoms with Gasteiger partial charge in [-0.15, -0.1) is 23.2 Å². The topological polar surface area (TPSA) is 86.2 Å². The van der Waals surface area contributed by atoms with E-state index in [4.69, 9.17) is 34.7 Å². The summed E-state index contributed by atoms with van der Waals surface area (Å²) in [5.74, 6) is -1.25. The van der Waals surface area contributed by atoms with Crippen molar-refractivity contribution in [3.05, 3.63) is 0 Å². The van der Waals surface area contributed by atoms with Crippen molar-refractivity contribution in [2.24, 2.45) is 35.1 Å². The first kappa shape index (κ1) is 14.8. The summed E-state index contributed by atoms with van der Waals surface area (Å²) in [6.07, 6.45) is 3.58. The second-order valence-electron chi connectivity index (χ2n) is 6.40. The predicted molar refractivity (Wildman–Crippen MR) is 77.7 cm³/mol. The molecule has 3 aliphatic rings. The fraction of sp³-hybridized carbons (Fsp3) is 0.857. The first-order valence-corrected chi connectivity index (χ1v) is 8.19. The van der Waals surface area contributed by atoms with Gasteiger partial charge in [-0.2, -0.15) is 0 Å². The third-order valence-corrected chi connectivity index (χ3v) is 6.66. The monoisotopic (exact) mass is 318 g/mol. The van der Waals surface area contributed by atoms with Crippen LogP contribution in [-0.4, -0.2) is 34.4 Å². The average molecular weight is 319 g/mol. The summed E-state index contributed by atoms with van der Waals surface area (Å²) in [6, 6.07) is -1.16. The number of ketones is 2. The third-order valence-electron chi connectivity index (χ3n) is 5.41. The van der Waals surface area contributed by atoms with E-state index >= 15 is 0 Å². The summed E-state index contributed by atoms with van der Waals surface area (Å²) in [5.41, 5.74) is 12.2. The number of rotatable bonds is 0. The highest BCUT2D eigenvalue weighted by Gasteiger charge is 2.59. The number of fused-ring (bicyclic) bond motifs is 2. The molecule has 0 aromatic heterocycles. The van der Waals surface area contributed by atoms with Gasteiger partial charge in [0.2, 0.25) is 0 Å². The summed E-state index contributed by atoms with van der Waals surface area (Å²) in [6.45, 7) is 0. The van der Waals surface area contributed by atoms with Crippen LogP contribution < -0.4 is 11.5 Å². The zero-order valence-corrected chi connectivity index (χ0v) is 12.7. The van der Waals surface area contributed by atoms with Crippen LogP contribution in [0.4, 0.5) is 0 Å². The number of Topliss-reactive ketones (excluding diaryl/α,β-unsaturated/α-hetero) is 2. The van der Waals surface area contributed by atoms with Crippen LogP contribution in [0.25, 0.3) is 0 Å². The fourth-order valence-electron chi connectivity index (χ4n) is 4.34. The minimum Gasteiger partial charge on any atom is -0.326 e. The van der Waals surface area contributed by atoms with Crippen molar-refractivity contribution in [1.29, 1.82) is 0 Å². The Labute approximate surface area is 128 Å². The molecule has 0 amide bonds. The van der Waals surface area contributed by atoms with E-state index in [1.54, 1.807) is 0 Å². The van der Waals surface area contributed by atoms with E-state index in [0.29, 0.717) is 0 Å². The Morgan fingerprint density at radius 3 is 1.50 bits per heavy atom. The SMILES string of the molecule is NC1C(Cl)C(Cl)C(N)C2C(=O)C3CCCCC3C(=O)C12. The largest absolute Gasteiger partial charge is 0.326 e. The first-order chi connectivity index (χ1) is 9.45. The molecule has 0 saturated heterocycles. The molecule has 0 aromatic rings. The van der Waals surface area contributed by atoms with E-state index in [2.05, 4.69) is 0 Å². The highest BCUT2D eigenvalue weighted by Crippen LogP contribution is 2.47. The van der Waals surface area contributed by atoms with E-state index < -0.39 is 34.7 Å². The number of nitrogens with two attached hydrogens (primary N) is 2. The lowest BCUT2D eigenvalue weighted by molar-refractivity contribution is -0.152. The number of alkyl halides is 2. The summed E-state index contributed by atoms with van der Waals surface area (Å²) in [4.78, 5) is 25.5. The maximum absolute atomic E-state index is 12.8. The van der Waals surface area contributed by atoms with Gasteiger partial charge in [0.25, 0.3) is 0 Å². The lowest BCUT2D eigenvalue weighted by Gasteiger charge is -2.50. The van der Waals surface area contributed by atoms with Crippen molar-refractivity contribution < 1.29 is 9.59 Å². The number of hydrogen-bond acceptors (Lipinski definition) is 4. The molecule has 20 heavy (non-hydrogen) atoms. The Balaban J connectivity index is 1.99. The molecule has 4 N–H and O–H groups in total. The van der Waals surface area contributed by atoms with E-state index in [-0.39, 0.29) is 23.4 Å². The van der Waals surface area contributed by atoms with E-state index in [1.807, 2.05) is 0 Å². The number of hydrogen-bond donors (Lipinski definition) is 2. The molecule has 0 heterocycles. The molecule has 8 atom stereocenters. The van der Waals surface area contributed by atoms with Crippen LogP contribution in [0, 0.1) is 23.7 Å². The van der Waals surface area contributed by atoms with Crippen molar-refractivity contribution in [3.63, 3.8) is 0 Å².